The number of aryl methyl sites for hydroxylation is 1. The van der Waals surface area contributed by atoms with Gasteiger partial charge in [-0.1, -0.05) is 19.9 Å². The quantitative estimate of drug-likeness (QED) is 0.879. The van der Waals surface area contributed by atoms with Gasteiger partial charge in [-0.3, -0.25) is 0 Å². The molecule has 0 aliphatic carbocycles. The molecule has 0 radical (unpaired) electrons. The Morgan fingerprint density at radius 1 is 1.30 bits per heavy atom. The molecular formula is C16H23N3O. The number of nitrogens with one attached hydrogen (secondary N) is 1. The highest BCUT2D eigenvalue weighted by atomic mass is 16.5. The van der Waals surface area contributed by atoms with Gasteiger partial charge in [0.2, 0.25) is 0 Å². The molecule has 1 heterocycles. The van der Waals surface area contributed by atoms with Crippen molar-refractivity contribution in [2.24, 2.45) is 5.92 Å². The van der Waals surface area contributed by atoms with Gasteiger partial charge in [-0.25, -0.2) is 4.68 Å². The van der Waals surface area contributed by atoms with Gasteiger partial charge >= 0.3 is 0 Å². The summed E-state index contributed by atoms with van der Waals surface area (Å²) in [4.78, 5) is 0. The van der Waals surface area contributed by atoms with E-state index in [2.05, 4.69) is 37.3 Å². The molecule has 4 nitrogen and oxygen atoms in total. The van der Waals surface area contributed by atoms with E-state index in [1.54, 1.807) is 7.11 Å². The summed E-state index contributed by atoms with van der Waals surface area (Å²) in [6, 6.07) is 8.13. The van der Waals surface area contributed by atoms with Gasteiger partial charge < -0.3 is 10.1 Å². The molecule has 0 unspecified atom stereocenters. The highest BCUT2D eigenvalue weighted by molar-refractivity contribution is 5.48. The zero-order valence-corrected chi connectivity index (χ0v) is 12.7. The van der Waals surface area contributed by atoms with E-state index in [1.807, 2.05) is 29.1 Å². The van der Waals surface area contributed by atoms with Crippen LogP contribution in [0.25, 0.3) is 5.69 Å². The largest absolute Gasteiger partial charge is 0.494 e. The first-order chi connectivity index (χ1) is 9.60. The summed E-state index contributed by atoms with van der Waals surface area (Å²) >= 11 is 0. The molecule has 0 bridgehead atoms. The molecule has 4 heteroatoms. The summed E-state index contributed by atoms with van der Waals surface area (Å²) in [5.74, 6) is 1.48. The van der Waals surface area contributed by atoms with Gasteiger partial charge in [0, 0.05) is 12.7 Å². The number of hydrogen-bond acceptors (Lipinski definition) is 3. The molecule has 0 spiro atoms. The summed E-state index contributed by atoms with van der Waals surface area (Å²) in [5.41, 5.74) is 3.20. The van der Waals surface area contributed by atoms with Crippen LogP contribution in [0.1, 0.15) is 25.1 Å². The minimum atomic E-state index is 0.647. The zero-order chi connectivity index (χ0) is 14.5. The van der Waals surface area contributed by atoms with Crippen LogP contribution in [-0.4, -0.2) is 23.4 Å². The minimum Gasteiger partial charge on any atom is -0.494 e. The minimum absolute atomic E-state index is 0.647. The maximum absolute atomic E-state index is 5.40. The van der Waals surface area contributed by atoms with Gasteiger partial charge in [0.25, 0.3) is 0 Å². The third-order valence-corrected chi connectivity index (χ3v) is 3.08. The lowest BCUT2D eigenvalue weighted by Gasteiger charge is -2.09. The van der Waals surface area contributed by atoms with Crippen molar-refractivity contribution in [3.63, 3.8) is 0 Å². The number of hydrogen-bond donors (Lipinski definition) is 1. The Bertz CT molecular complexity index is 561. The van der Waals surface area contributed by atoms with Gasteiger partial charge in [0.1, 0.15) is 11.4 Å². The van der Waals surface area contributed by atoms with Gasteiger partial charge in [-0.05, 0) is 43.1 Å². The molecule has 2 rings (SSSR count). The van der Waals surface area contributed by atoms with Gasteiger partial charge in [-0.2, -0.15) is 5.10 Å². The van der Waals surface area contributed by atoms with Crippen LogP contribution in [0.15, 0.2) is 30.5 Å². The Labute approximate surface area is 120 Å². The third-order valence-electron chi connectivity index (χ3n) is 3.08. The van der Waals surface area contributed by atoms with Gasteiger partial charge in [-0.15, -0.1) is 0 Å². The van der Waals surface area contributed by atoms with E-state index in [-0.39, 0.29) is 0 Å². The van der Waals surface area contributed by atoms with E-state index in [9.17, 15) is 0 Å². The number of aromatic nitrogens is 2. The summed E-state index contributed by atoms with van der Waals surface area (Å²) in [6.07, 6.45) is 1.98. The van der Waals surface area contributed by atoms with Crippen molar-refractivity contribution >= 4 is 0 Å². The second-order valence-corrected chi connectivity index (χ2v) is 5.45. The molecule has 0 saturated heterocycles. The van der Waals surface area contributed by atoms with Crippen LogP contribution in [-0.2, 0) is 6.54 Å². The van der Waals surface area contributed by atoms with E-state index in [0.29, 0.717) is 5.92 Å². The highest BCUT2D eigenvalue weighted by Gasteiger charge is 2.07. The first kappa shape index (κ1) is 14.6. The Morgan fingerprint density at radius 3 is 2.80 bits per heavy atom. The van der Waals surface area contributed by atoms with Crippen LogP contribution in [0.4, 0.5) is 0 Å². The lowest BCUT2D eigenvalue weighted by molar-refractivity contribution is 0.411. The fourth-order valence-corrected chi connectivity index (χ4v) is 2.06. The van der Waals surface area contributed by atoms with E-state index in [4.69, 9.17) is 4.74 Å². The maximum Gasteiger partial charge on any atom is 0.144 e. The summed E-state index contributed by atoms with van der Waals surface area (Å²) in [6.45, 7) is 8.25. The maximum atomic E-state index is 5.40. The highest BCUT2D eigenvalue weighted by Crippen LogP contribution is 2.23. The van der Waals surface area contributed by atoms with E-state index in [1.165, 1.54) is 5.56 Å². The van der Waals surface area contributed by atoms with Crippen LogP contribution < -0.4 is 10.1 Å². The first-order valence-electron chi connectivity index (χ1n) is 7.00. The van der Waals surface area contributed by atoms with Crippen LogP contribution >= 0.6 is 0 Å². The Hall–Kier alpha value is -1.81. The van der Waals surface area contributed by atoms with Crippen molar-refractivity contribution < 1.29 is 4.74 Å². The molecule has 2 aromatic rings. The van der Waals surface area contributed by atoms with E-state index < -0.39 is 0 Å². The molecule has 0 atom stereocenters. The average molecular weight is 273 g/mol. The molecule has 0 saturated carbocycles. The summed E-state index contributed by atoms with van der Waals surface area (Å²) in [5, 5.41) is 8.00. The topological polar surface area (TPSA) is 39.1 Å². The molecule has 0 fully saturated rings. The van der Waals surface area contributed by atoms with Gasteiger partial charge in [0.15, 0.2) is 0 Å². The molecule has 0 aliphatic rings. The molecule has 1 N–H and O–H groups in total. The fourth-order valence-electron chi connectivity index (χ4n) is 2.06. The van der Waals surface area contributed by atoms with Crippen molar-refractivity contribution in [2.45, 2.75) is 27.3 Å². The van der Waals surface area contributed by atoms with Crippen molar-refractivity contribution in [3.05, 3.63) is 41.7 Å². The van der Waals surface area contributed by atoms with Gasteiger partial charge in [0.05, 0.1) is 12.8 Å². The lowest BCUT2D eigenvalue weighted by Crippen LogP contribution is -2.19. The smallest absolute Gasteiger partial charge is 0.144 e. The van der Waals surface area contributed by atoms with Crippen LogP contribution in [0.2, 0.25) is 0 Å². The Morgan fingerprint density at radius 2 is 2.10 bits per heavy atom. The van der Waals surface area contributed by atoms with Crippen molar-refractivity contribution in [2.75, 3.05) is 13.7 Å². The molecule has 0 aliphatic heterocycles. The van der Waals surface area contributed by atoms with Crippen LogP contribution in [0, 0.1) is 12.8 Å². The molecule has 108 valence electrons. The number of ether oxygens (including phenoxy) is 1. The summed E-state index contributed by atoms with van der Waals surface area (Å²) < 4.78 is 7.27. The zero-order valence-electron chi connectivity index (χ0n) is 12.7. The molecular weight excluding hydrogens is 250 g/mol. The molecule has 0 amide bonds. The standard InChI is InChI=1S/C16H23N3O/c1-12(2)10-17-11-14-7-8-19(18-14)15-9-13(3)5-6-16(15)20-4/h5-9,12,17H,10-11H2,1-4H3. The second-order valence-electron chi connectivity index (χ2n) is 5.45. The fraction of sp³-hybridized carbons (Fsp3) is 0.438. The third kappa shape index (κ3) is 3.61. The Kier molecular flexibility index (Phi) is 4.79. The van der Waals surface area contributed by atoms with E-state index in [0.717, 1.165) is 30.2 Å². The van der Waals surface area contributed by atoms with E-state index >= 15 is 0 Å². The normalized spacial score (nSPS) is 11.1. The lowest BCUT2D eigenvalue weighted by atomic mass is 10.2. The van der Waals surface area contributed by atoms with Crippen molar-refractivity contribution in [1.82, 2.24) is 15.1 Å². The molecule has 1 aromatic carbocycles. The van der Waals surface area contributed by atoms with Crippen molar-refractivity contribution in [1.29, 1.82) is 0 Å². The monoisotopic (exact) mass is 273 g/mol. The molecule has 20 heavy (non-hydrogen) atoms. The van der Waals surface area contributed by atoms with Crippen LogP contribution in [0.5, 0.6) is 5.75 Å². The van der Waals surface area contributed by atoms with Crippen molar-refractivity contribution in [3.8, 4) is 11.4 Å². The number of methoxy groups -OCH3 is 1. The second kappa shape index (κ2) is 6.57. The number of rotatable bonds is 6. The first-order valence-corrected chi connectivity index (χ1v) is 7.00. The Balaban J connectivity index is 2.14. The van der Waals surface area contributed by atoms with Crippen LogP contribution in [0.3, 0.4) is 0 Å². The predicted molar refractivity (Wildman–Crippen MR) is 81.4 cm³/mol. The number of benzene rings is 1. The summed E-state index contributed by atoms with van der Waals surface area (Å²) in [7, 11) is 1.68. The average Bonchev–Trinajstić information content (AvgIpc) is 2.87. The SMILES string of the molecule is COc1ccc(C)cc1-n1ccc(CNCC(C)C)n1. The molecule has 1 aromatic heterocycles. The number of nitrogens with zero attached hydrogens (tertiary/aromatic N) is 2. The predicted octanol–water partition coefficient (Wildman–Crippen LogP) is 2.93.